The molecule has 0 aliphatic rings. The first-order valence-electron chi connectivity index (χ1n) is 4.93. The van der Waals surface area contributed by atoms with E-state index < -0.39 is 0 Å². The lowest BCUT2D eigenvalue weighted by Gasteiger charge is -2.10. The summed E-state index contributed by atoms with van der Waals surface area (Å²) in [6, 6.07) is 3.63. The number of nitrogens with one attached hydrogen (secondary N) is 2. The first-order valence-corrected chi connectivity index (χ1v) is 4.93. The minimum atomic E-state index is -0.0355. The third-order valence-electron chi connectivity index (χ3n) is 2.03. The Balaban J connectivity index is 2.34. The molecule has 0 saturated heterocycles. The van der Waals surface area contributed by atoms with Gasteiger partial charge in [0.25, 0.3) is 0 Å². The van der Waals surface area contributed by atoms with Crippen LogP contribution >= 0.6 is 0 Å². The highest BCUT2D eigenvalue weighted by atomic mass is 16.1. The van der Waals surface area contributed by atoms with E-state index in [1.165, 1.54) is 0 Å². The molecule has 0 radical (unpaired) electrons. The molecule has 0 spiro atoms. The lowest BCUT2D eigenvalue weighted by molar-refractivity contribution is -0.124. The molecule has 0 bridgehead atoms. The molecule has 82 valence electrons. The summed E-state index contributed by atoms with van der Waals surface area (Å²) < 4.78 is 0. The topological polar surface area (TPSA) is 66.9 Å². The molecule has 1 heterocycles. The fourth-order valence-corrected chi connectivity index (χ4v) is 1.18. The van der Waals surface area contributed by atoms with Crippen LogP contribution in [-0.4, -0.2) is 29.7 Å². The molecule has 0 fully saturated rings. The zero-order valence-electron chi connectivity index (χ0n) is 9.03. The van der Waals surface area contributed by atoms with E-state index in [-0.39, 0.29) is 11.8 Å². The van der Waals surface area contributed by atoms with Gasteiger partial charge in [0.05, 0.1) is 12.2 Å². The molecule has 1 amide bonds. The van der Waals surface area contributed by atoms with Crippen LogP contribution in [0, 0.1) is 5.92 Å². The predicted octanol–water partition coefficient (Wildman–Crippen LogP) is -0.0517. The second-order valence-corrected chi connectivity index (χ2v) is 3.39. The van der Waals surface area contributed by atoms with Crippen molar-refractivity contribution in [2.75, 3.05) is 13.6 Å². The quantitative estimate of drug-likeness (QED) is 0.712. The summed E-state index contributed by atoms with van der Waals surface area (Å²) >= 11 is 0. The zero-order valence-corrected chi connectivity index (χ0v) is 9.03. The summed E-state index contributed by atoms with van der Waals surface area (Å²) in [7, 11) is 1.83. The zero-order chi connectivity index (χ0) is 11.1. The van der Waals surface area contributed by atoms with Gasteiger partial charge < -0.3 is 10.6 Å². The Hall–Kier alpha value is -1.49. The van der Waals surface area contributed by atoms with Gasteiger partial charge >= 0.3 is 0 Å². The van der Waals surface area contributed by atoms with Gasteiger partial charge in [-0.05, 0) is 19.2 Å². The number of carbonyl (C=O) groups is 1. The van der Waals surface area contributed by atoms with E-state index in [0.29, 0.717) is 13.1 Å². The Morgan fingerprint density at radius 2 is 2.40 bits per heavy atom. The first-order chi connectivity index (χ1) is 7.24. The van der Waals surface area contributed by atoms with E-state index in [9.17, 15) is 4.79 Å². The van der Waals surface area contributed by atoms with E-state index >= 15 is 0 Å². The molecule has 0 saturated carbocycles. The number of aromatic nitrogens is 2. The van der Waals surface area contributed by atoms with Crippen molar-refractivity contribution in [2.24, 2.45) is 5.92 Å². The SMILES string of the molecule is CNCC(C)C(=O)NCc1cccnn1. The van der Waals surface area contributed by atoms with Crippen LogP contribution < -0.4 is 10.6 Å². The van der Waals surface area contributed by atoms with Gasteiger partial charge in [-0.15, -0.1) is 0 Å². The number of nitrogens with zero attached hydrogens (tertiary/aromatic N) is 2. The van der Waals surface area contributed by atoms with Gasteiger partial charge in [0.1, 0.15) is 0 Å². The average Bonchev–Trinajstić information content (AvgIpc) is 2.27. The van der Waals surface area contributed by atoms with Gasteiger partial charge in [-0.2, -0.15) is 10.2 Å². The summed E-state index contributed by atoms with van der Waals surface area (Å²) in [6.07, 6.45) is 1.61. The van der Waals surface area contributed by atoms with Crippen molar-refractivity contribution in [3.05, 3.63) is 24.0 Å². The molecular formula is C10H16N4O. The highest BCUT2D eigenvalue weighted by Gasteiger charge is 2.10. The van der Waals surface area contributed by atoms with E-state index in [1.807, 2.05) is 20.0 Å². The Morgan fingerprint density at radius 1 is 1.60 bits per heavy atom. The predicted molar refractivity (Wildman–Crippen MR) is 57.0 cm³/mol. The van der Waals surface area contributed by atoms with Gasteiger partial charge in [-0.25, -0.2) is 0 Å². The van der Waals surface area contributed by atoms with Crippen LogP contribution in [-0.2, 0) is 11.3 Å². The lowest BCUT2D eigenvalue weighted by Crippen LogP contribution is -2.34. The van der Waals surface area contributed by atoms with Gasteiger partial charge in [0.15, 0.2) is 0 Å². The largest absolute Gasteiger partial charge is 0.350 e. The van der Waals surface area contributed by atoms with Crippen LogP contribution in [0.1, 0.15) is 12.6 Å². The Labute approximate surface area is 89.3 Å². The smallest absolute Gasteiger partial charge is 0.224 e. The van der Waals surface area contributed by atoms with Crippen LogP contribution in [0.5, 0.6) is 0 Å². The van der Waals surface area contributed by atoms with Crippen LogP contribution in [0.15, 0.2) is 18.3 Å². The van der Waals surface area contributed by atoms with Crippen LogP contribution in [0.25, 0.3) is 0 Å². The van der Waals surface area contributed by atoms with Gasteiger partial charge in [0.2, 0.25) is 5.91 Å². The second kappa shape index (κ2) is 6.08. The van der Waals surface area contributed by atoms with Crippen molar-refractivity contribution in [1.82, 2.24) is 20.8 Å². The Kier molecular flexibility index (Phi) is 4.70. The summed E-state index contributed by atoms with van der Waals surface area (Å²) in [5.41, 5.74) is 0.766. The summed E-state index contributed by atoms with van der Waals surface area (Å²) in [4.78, 5) is 11.5. The molecular weight excluding hydrogens is 192 g/mol. The molecule has 0 aliphatic carbocycles. The molecule has 1 aromatic heterocycles. The van der Waals surface area contributed by atoms with Crippen molar-refractivity contribution in [2.45, 2.75) is 13.5 Å². The van der Waals surface area contributed by atoms with E-state index in [2.05, 4.69) is 20.8 Å². The fraction of sp³-hybridized carbons (Fsp3) is 0.500. The van der Waals surface area contributed by atoms with Crippen molar-refractivity contribution in [1.29, 1.82) is 0 Å². The van der Waals surface area contributed by atoms with Crippen LogP contribution in [0.3, 0.4) is 0 Å². The number of rotatable bonds is 5. The first kappa shape index (κ1) is 11.6. The summed E-state index contributed by atoms with van der Waals surface area (Å²) in [5.74, 6) is -0.0123. The third-order valence-corrected chi connectivity index (χ3v) is 2.03. The maximum atomic E-state index is 11.5. The molecule has 2 N–H and O–H groups in total. The minimum Gasteiger partial charge on any atom is -0.350 e. The molecule has 1 atom stereocenters. The lowest BCUT2D eigenvalue weighted by atomic mass is 10.1. The molecule has 15 heavy (non-hydrogen) atoms. The highest BCUT2D eigenvalue weighted by Crippen LogP contribution is 1.94. The molecule has 1 rings (SSSR count). The van der Waals surface area contributed by atoms with Crippen molar-refractivity contribution in [3.8, 4) is 0 Å². The number of carbonyl (C=O) groups excluding carboxylic acids is 1. The van der Waals surface area contributed by atoms with E-state index in [4.69, 9.17) is 0 Å². The molecule has 0 aliphatic heterocycles. The molecule has 1 unspecified atom stereocenters. The number of hydrogen-bond donors (Lipinski definition) is 2. The Morgan fingerprint density at radius 3 is 3.00 bits per heavy atom. The van der Waals surface area contributed by atoms with Gasteiger partial charge in [0, 0.05) is 18.7 Å². The van der Waals surface area contributed by atoms with Crippen molar-refractivity contribution in [3.63, 3.8) is 0 Å². The van der Waals surface area contributed by atoms with E-state index in [0.717, 1.165) is 5.69 Å². The standard InChI is InChI=1S/C10H16N4O/c1-8(6-11-2)10(15)12-7-9-4-3-5-13-14-9/h3-5,8,11H,6-7H2,1-2H3,(H,12,15). The summed E-state index contributed by atoms with van der Waals surface area (Å²) in [5, 5.41) is 13.4. The maximum absolute atomic E-state index is 11.5. The number of hydrogen-bond acceptors (Lipinski definition) is 4. The average molecular weight is 208 g/mol. The van der Waals surface area contributed by atoms with Gasteiger partial charge in [-0.1, -0.05) is 6.92 Å². The maximum Gasteiger partial charge on any atom is 0.224 e. The number of amides is 1. The third kappa shape index (κ3) is 4.03. The molecule has 0 aromatic carbocycles. The van der Waals surface area contributed by atoms with Crippen molar-refractivity contribution < 1.29 is 4.79 Å². The highest BCUT2D eigenvalue weighted by molar-refractivity contribution is 5.78. The Bertz CT molecular complexity index is 302. The monoisotopic (exact) mass is 208 g/mol. The van der Waals surface area contributed by atoms with Crippen LogP contribution in [0.2, 0.25) is 0 Å². The normalized spacial score (nSPS) is 12.1. The van der Waals surface area contributed by atoms with Crippen LogP contribution in [0.4, 0.5) is 0 Å². The second-order valence-electron chi connectivity index (χ2n) is 3.39. The van der Waals surface area contributed by atoms with E-state index in [1.54, 1.807) is 12.3 Å². The van der Waals surface area contributed by atoms with Gasteiger partial charge in [-0.3, -0.25) is 4.79 Å². The molecule has 1 aromatic rings. The fourth-order valence-electron chi connectivity index (χ4n) is 1.18. The van der Waals surface area contributed by atoms with Crippen molar-refractivity contribution >= 4 is 5.91 Å². The molecule has 5 heteroatoms. The molecule has 5 nitrogen and oxygen atoms in total. The summed E-state index contributed by atoms with van der Waals surface area (Å²) in [6.45, 7) is 2.98. The minimum absolute atomic E-state index is 0.0232.